The van der Waals surface area contributed by atoms with Crippen LogP contribution in [-0.2, 0) is 0 Å². The monoisotopic (exact) mass is 346 g/mol. The van der Waals surface area contributed by atoms with E-state index in [1.54, 1.807) is 6.20 Å². The molecular formula is C20H22N6. The van der Waals surface area contributed by atoms with Gasteiger partial charge in [-0.15, -0.1) is 5.10 Å². The maximum Gasteiger partial charge on any atom is 0.249 e. The fourth-order valence-corrected chi connectivity index (χ4v) is 3.15. The molecule has 2 heterocycles. The van der Waals surface area contributed by atoms with Gasteiger partial charge >= 0.3 is 0 Å². The van der Waals surface area contributed by atoms with E-state index in [1.807, 2.05) is 12.1 Å². The number of aromatic nitrogens is 3. The zero-order valence-electron chi connectivity index (χ0n) is 14.8. The van der Waals surface area contributed by atoms with Gasteiger partial charge in [0, 0.05) is 30.2 Å². The fourth-order valence-electron chi connectivity index (χ4n) is 3.15. The molecule has 2 aromatic carbocycles. The van der Waals surface area contributed by atoms with Crippen LogP contribution >= 0.6 is 0 Å². The van der Waals surface area contributed by atoms with E-state index in [9.17, 15) is 0 Å². The maximum absolute atomic E-state index is 4.49. The lowest BCUT2D eigenvalue weighted by Gasteiger charge is -2.17. The number of aryl methyl sites for hydroxylation is 1. The summed E-state index contributed by atoms with van der Waals surface area (Å²) in [5.41, 5.74) is 4.38. The molecule has 6 heteroatoms. The minimum absolute atomic E-state index is 0.469. The summed E-state index contributed by atoms with van der Waals surface area (Å²) in [4.78, 5) is 6.90. The van der Waals surface area contributed by atoms with Crippen molar-refractivity contribution >= 4 is 28.8 Å². The van der Waals surface area contributed by atoms with E-state index < -0.39 is 0 Å². The first-order valence-electron chi connectivity index (χ1n) is 8.92. The van der Waals surface area contributed by atoms with Gasteiger partial charge in [0.05, 0.1) is 6.20 Å². The maximum atomic E-state index is 4.49. The van der Waals surface area contributed by atoms with Crippen molar-refractivity contribution in [1.82, 2.24) is 15.2 Å². The van der Waals surface area contributed by atoms with E-state index in [-0.39, 0.29) is 0 Å². The number of anilines is 5. The summed E-state index contributed by atoms with van der Waals surface area (Å²) in [6.07, 6.45) is 4.17. The van der Waals surface area contributed by atoms with Crippen molar-refractivity contribution in [1.29, 1.82) is 0 Å². The lowest BCUT2D eigenvalue weighted by molar-refractivity contribution is 0.949. The molecule has 1 aliphatic heterocycles. The standard InChI is InChI=1S/C20H22N6/c1-15-5-4-6-17(13-15)22-19-14-21-25-20(24-19)23-16-7-9-18(10-8-16)26-11-2-3-12-26/h4-10,13-14H,2-3,11-12H2,1H3,(H2,22,23,24,25). The van der Waals surface area contributed by atoms with Gasteiger partial charge in [-0.1, -0.05) is 12.1 Å². The van der Waals surface area contributed by atoms with Crippen LogP contribution in [0.25, 0.3) is 0 Å². The number of hydrogen-bond acceptors (Lipinski definition) is 6. The second-order valence-electron chi connectivity index (χ2n) is 6.53. The summed E-state index contributed by atoms with van der Waals surface area (Å²) < 4.78 is 0. The molecule has 3 aromatic rings. The van der Waals surface area contributed by atoms with Gasteiger partial charge < -0.3 is 15.5 Å². The molecule has 6 nitrogen and oxygen atoms in total. The van der Waals surface area contributed by atoms with Gasteiger partial charge in [-0.2, -0.15) is 10.1 Å². The SMILES string of the molecule is Cc1cccc(Nc2cnnc(Nc3ccc(N4CCCC4)cc3)n2)c1. The van der Waals surface area contributed by atoms with Gasteiger partial charge in [-0.3, -0.25) is 0 Å². The van der Waals surface area contributed by atoms with Crippen molar-refractivity contribution < 1.29 is 0 Å². The molecule has 0 saturated carbocycles. The van der Waals surface area contributed by atoms with Crippen molar-refractivity contribution in [2.24, 2.45) is 0 Å². The minimum Gasteiger partial charge on any atom is -0.372 e. The summed E-state index contributed by atoms with van der Waals surface area (Å²) in [7, 11) is 0. The molecular weight excluding hydrogens is 324 g/mol. The first kappa shape index (κ1) is 16.3. The number of nitrogens with zero attached hydrogens (tertiary/aromatic N) is 4. The predicted molar refractivity (Wildman–Crippen MR) is 105 cm³/mol. The molecule has 0 atom stereocenters. The van der Waals surface area contributed by atoms with Gasteiger partial charge in [-0.05, 0) is 61.7 Å². The van der Waals surface area contributed by atoms with Crippen molar-refractivity contribution in [2.45, 2.75) is 19.8 Å². The topological polar surface area (TPSA) is 66.0 Å². The molecule has 0 unspecified atom stereocenters. The molecule has 132 valence electrons. The average molecular weight is 346 g/mol. The van der Waals surface area contributed by atoms with Gasteiger partial charge in [0.15, 0.2) is 5.82 Å². The van der Waals surface area contributed by atoms with Crippen molar-refractivity contribution in [3.8, 4) is 0 Å². The Kier molecular flexibility index (Phi) is 4.64. The van der Waals surface area contributed by atoms with E-state index in [0.29, 0.717) is 11.8 Å². The summed E-state index contributed by atoms with van der Waals surface area (Å²) in [5, 5.41) is 14.6. The highest BCUT2D eigenvalue weighted by molar-refractivity contribution is 5.61. The van der Waals surface area contributed by atoms with Crippen LogP contribution in [0.15, 0.2) is 54.7 Å². The number of nitrogens with one attached hydrogen (secondary N) is 2. The van der Waals surface area contributed by atoms with Crippen LogP contribution in [-0.4, -0.2) is 28.3 Å². The summed E-state index contributed by atoms with van der Waals surface area (Å²) in [5.74, 6) is 1.12. The van der Waals surface area contributed by atoms with E-state index in [4.69, 9.17) is 0 Å². The Hall–Kier alpha value is -3.15. The Labute approximate surface area is 153 Å². The van der Waals surface area contributed by atoms with Crippen LogP contribution in [0.5, 0.6) is 0 Å². The quantitative estimate of drug-likeness (QED) is 0.719. The highest BCUT2D eigenvalue weighted by Crippen LogP contribution is 2.23. The smallest absolute Gasteiger partial charge is 0.249 e. The van der Waals surface area contributed by atoms with Crippen LogP contribution in [0, 0.1) is 6.92 Å². The molecule has 1 aliphatic rings. The van der Waals surface area contributed by atoms with Crippen LogP contribution in [0.4, 0.5) is 28.8 Å². The van der Waals surface area contributed by atoms with Crippen LogP contribution in [0.3, 0.4) is 0 Å². The predicted octanol–water partition coefficient (Wildman–Crippen LogP) is 4.27. The molecule has 1 saturated heterocycles. The van der Waals surface area contributed by atoms with E-state index in [2.05, 4.69) is 74.0 Å². The molecule has 4 rings (SSSR count). The van der Waals surface area contributed by atoms with Crippen LogP contribution < -0.4 is 15.5 Å². The lowest BCUT2D eigenvalue weighted by atomic mass is 10.2. The van der Waals surface area contributed by atoms with Crippen LogP contribution in [0.1, 0.15) is 18.4 Å². The zero-order chi connectivity index (χ0) is 17.8. The van der Waals surface area contributed by atoms with Gasteiger partial charge in [0.25, 0.3) is 0 Å². The summed E-state index contributed by atoms with van der Waals surface area (Å²) in [6.45, 7) is 4.35. The van der Waals surface area contributed by atoms with Gasteiger partial charge in [0.2, 0.25) is 5.95 Å². The molecule has 0 radical (unpaired) electrons. The van der Waals surface area contributed by atoms with Crippen molar-refractivity contribution in [3.05, 3.63) is 60.3 Å². The number of benzene rings is 2. The average Bonchev–Trinajstić information content (AvgIpc) is 3.17. The third-order valence-corrected chi connectivity index (χ3v) is 4.44. The molecule has 2 N–H and O–H groups in total. The Morgan fingerprint density at radius 2 is 1.73 bits per heavy atom. The summed E-state index contributed by atoms with van der Waals surface area (Å²) in [6, 6.07) is 16.5. The Balaban J connectivity index is 1.45. The Bertz CT molecular complexity index is 871. The van der Waals surface area contributed by atoms with Crippen molar-refractivity contribution in [2.75, 3.05) is 28.6 Å². The second kappa shape index (κ2) is 7.39. The molecule has 0 spiro atoms. The number of hydrogen-bond donors (Lipinski definition) is 2. The highest BCUT2D eigenvalue weighted by atomic mass is 15.3. The molecule has 0 aliphatic carbocycles. The van der Waals surface area contributed by atoms with Crippen LogP contribution in [0.2, 0.25) is 0 Å². The van der Waals surface area contributed by atoms with Gasteiger partial charge in [-0.25, -0.2) is 0 Å². The highest BCUT2D eigenvalue weighted by Gasteiger charge is 2.12. The third-order valence-electron chi connectivity index (χ3n) is 4.44. The Morgan fingerprint density at radius 3 is 2.50 bits per heavy atom. The first-order valence-corrected chi connectivity index (χ1v) is 8.92. The molecule has 26 heavy (non-hydrogen) atoms. The molecule has 1 fully saturated rings. The fraction of sp³-hybridized carbons (Fsp3) is 0.250. The molecule has 1 aromatic heterocycles. The second-order valence-corrected chi connectivity index (χ2v) is 6.53. The van der Waals surface area contributed by atoms with E-state index in [1.165, 1.54) is 24.1 Å². The zero-order valence-corrected chi connectivity index (χ0v) is 14.8. The van der Waals surface area contributed by atoms with Crippen molar-refractivity contribution in [3.63, 3.8) is 0 Å². The first-order chi connectivity index (χ1) is 12.8. The third kappa shape index (κ3) is 3.91. The molecule has 0 bridgehead atoms. The minimum atomic E-state index is 0.469. The summed E-state index contributed by atoms with van der Waals surface area (Å²) >= 11 is 0. The van der Waals surface area contributed by atoms with E-state index >= 15 is 0 Å². The largest absolute Gasteiger partial charge is 0.372 e. The Morgan fingerprint density at radius 1 is 0.923 bits per heavy atom. The van der Waals surface area contributed by atoms with E-state index in [0.717, 1.165) is 24.5 Å². The number of rotatable bonds is 5. The lowest BCUT2D eigenvalue weighted by Crippen LogP contribution is -2.17. The van der Waals surface area contributed by atoms with Gasteiger partial charge in [0.1, 0.15) is 0 Å². The normalized spacial score (nSPS) is 13.7. The molecule has 0 amide bonds.